The molecule has 0 unspecified atom stereocenters. The average Bonchev–Trinajstić information content (AvgIpc) is 3.24. The molecular weight excluding hydrogens is 366 g/mol. The normalized spacial score (nSPS) is 21.7. The Balaban J connectivity index is 1.45. The number of carbonyl (C=O) groups excluding carboxylic acids is 2. The van der Waals surface area contributed by atoms with E-state index in [1.54, 1.807) is 0 Å². The van der Waals surface area contributed by atoms with Gasteiger partial charge in [-0.05, 0) is 25.0 Å². The van der Waals surface area contributed by atoms with E-state index in [9.17, 15) is 14.7 Å². The van der Waals surface area contributed by atoms with Gasteiger partial charge in [0, 0.05) is 12.5 Å². The predicted octanol–water partition coefficient (Wildman–Crippen LogP) is -1.19. The van der Waals surface area contributed by atoms with Gasteiger partial charge in [0.15, 0.2) is 0 Å². The highest BCUT2D eigenvalue weighted by molar-refractivity contribution is 5.80. The molecule has 2 aromatic rings. The Labute approximate surface area is 161 Å². The van der Waals surface area contributed by atoms with Crippen LogP contribution in [-0.4, -0.2) is 75.5 Å². The van der Waals surface area contributed by atoms with Gasteiger partial charge in [-0.25, -0.2) is 0 Å². The van der Waals surface area contributed by atoms with E-state index < -0.39 is 12.1 Å². The molecule has 1 aliphatic rings. The number of aliphatic hydroxyl groups excluding tert-OH is 2. The molecule has 0 saturated heterocycles. The van der Waals surface area contributed by atoms with Gasteiger partial charge in [-0.15, -0.1) is 0 Å². The van der Waals surface area contributed by atoms with Crippen molar-refractivity contribution in [3.63, 3.8) is 0 Å². The number of nitrogens with zero attached hydrogens (tertiary/aromatic N) is 3. The molecule has 0 radical (unpaired) electrons. The molecule has 1 aromatic heterocycles. The van der Waals surface area contributed by atoms with Gasteiger partial charge in [-0.1, -0.05) is 12.1 Å². The summed E-state index contributed by atoms with van der Waals surface area (Å²) < 4.78 is 5.08. The van der Waals surface area contributed by atoms with Crippen molar-refractivity contribution in [3.8, 4) is 0 Å². The number of aromatic nitrogens is 3. The topological polar surface area (TPSA) is 139 Å². The lowest BCUT2D eigenvalue weighted by molar-refractivity contribution is -0.126. The Morgan fingerprint density at radius 3 is 2.57 bits per heavy atom. The van der Waals surface area contributed by atoms with Crippen LogP contribution in [0.4, 0.5) is 0 Å². The highest BCUT2D eigenvalue weighted by Gasteiger charge is 2.37. The Hall–Kier alpha value is -2.56. The second-order valence-corrected chi connectivity index (χ2v) is 6.76. The lowest BCUT2D eigenvalue weighted by Crippen LogP contribution is -2.42. The zero-order chi connectivity index (χ0) is 19.9. The number of benzene rings is 1. The van der Waals surface area contributed by atoms with Crippen LogP contribution in [0.15, 0.2) is 24.3 Å². The van der Waals surface area contributed by atoms with Crippen molar-refractivity contribution in [1.29, 1.82) is 0 Å². The number of ether oxygens (including phenoxy) is 1. The standard InChI is InChI=1S/C18H25N5O5/c24-6-8-28-7-5-19-18(27)12-9-15(16(25)10-12)20-17(26)11-23-21-13-3-1-2-4-14(13)22-23/h1-4,12,15-16,24-25H,5-11H2,(H,19,27)(H,20,26)/t12-,15-,16-/m0/s1. The lowest BCUT2D eigenvalue weighted by Gasteiger charge is -2.16. The fraction of sp³-hybridized carbons (Fsp3) is 0.556. The number of amides is 2. The average molecular weight is 391 g/mol. The molecule has 10 heteroatoms. The first-order valence-electron chi connectivity index (χ1n) is 9.30. The van der Waals surface area contributed by atoms with Crippen LogP contribution >= 0.6 is 0 Å². The molecule has 2 amide bonds. The van der Waals surface area contributed by atoms with Gasteiger partial charge in [0.25, 0.3) is 0 Å². The van der Waals surface area contributed by atoms with Gasteiger partial charge in [-0.2, -0.15) is 15.0 Å². The third kappa shape index (κ3) is 5.24. The van der Waals surface area contributed by atoms with Gasteiger partial charge in [0.05, 0.1) is 32.0 Å². The van der Waals surface area contributed by atoms with E-state index in [1.165, 1.54) is 4.80 Å². The summed E-state index contributed by atoms with van der Waals surface area (Å²) in [5.74, 6) is -0.866. The summed E-state index contributed by atoms with van der Waals surface area (Å²) in [7, 11) is 0. The van der Waals surface area contributed by atoms with Crippen LogP contribution in [0.5, 0.6) is 0 Å². The highest BCUT2D eigenvalue weighted by atomic mass is 16.5. The van der Waals surface area contributed by atoms with Crippen molar-refractivity contribution in [1.82, 2.24) is 25.6 Å². The van der Waals surface area contributed by atoms with Crippen LogP contribution < -0.4 is 10.6 Å². The third-order valence-corrected chi connectivity index (χ3v) is 4.64. The minimum atomic E-state index is -0.782. The summed E-state index contributed by atoms with van der Waals surface area (Å²) in [5.41, 5.74) is 1.41. The number of hydrogen-bond acceptors (Lipinski definition) is 7. The van der Waals surface area contributed by atoms with Gasteiger partial charge < -0.3 is 25.6 Å². The van der Waals surface area contributed by atoms with Crippen molar-refractivity contribution in [2.75, 3.05) is 26.4 Å². The second-order valence-electron chi connectivity index (χ2n) is 6.76. The maximum absolute atomic E-state index is 12.3. The molecule has 1 aromatic carbocycles. The number of aliphatic hydroxyl groups is 2. The Kier molecular flexibility index (Phi) is 6.90. The SMILES string of the molecule is O=C(Cn1nc2ccccc2n1)N[C@H]1C[C@H](C(=O)NCCOCCO)C[C@@H]1O. The maximum atomic E-state index is 12.3. The lowest BCUT2D eigenvalue weighted by atomic mass is 10.1. The molecule has 1 fully saturated rings. The van der Waals surface area contributed by atoms with Gasteiger partial charge in [0.1, 0.15) is 17.6 Å². The molecule has 1 heterocycles. The molecule has 3 rings (SSSR count). The van der Waals surface area contributed by atoms with E-state index in [2.05, 4.69) is 20.8 Å². The van der Waals surface area contributed by atoms with E-state index >= 15 is 0 Å². The number of rotatable bonds is 9. The quantitative estimate of drug-likeness (QED) is 0.394. The summed E-state index contributed by atoms with van der Waals surface area (Å²) in [6, 6.07) is 6.84. The fourth-order valence-electron chi connectivity index (χ4n) is 3.30. The van der Waals surface area contributed by atoms with Crippen molar-refractivity contribution >= 4 is 22.8 Å². The monoisotopic (exact) mass is 391 g/mol. The predicted molar refractivity (Wildman–Crippen MR) is 99.1 cm³/mol. The Morgan fingerprint density at radius 1 is 1.18 bits per heavy atom. The van der Waals surface area contributed by atoms with Crippen molar-refractivity contribution < 1.29 is 24.5 Å². The van der Waals surface area contributed by atoms with Crippen molar-refractivity contribution in [2.24, 2.45) is 5.92 Å². The van der Waals surface area contributed by atoms with Crippen LogP contribution in [0.25, 0.3) is 11.0 Å². The zero-order valence-corrected chi connectivity index (χ0v) is 15.5. The first kappa shape index (κ1) is 20.2. The second kappa shape index (κ2) is 9.58. The first-order valence-corrected chi connectivity index (χ1v) is 9.30. The summed E-state index contributed by atoms with van der Waals surface area (Å²) >= 11 is 0. The number of carbonyl (C=O) groups is 2. The largest absolute Gasteiger partial charge is 0.394 e. The number of hydrogen-bond donors (Lipinski definition) is 4. The van der Waals surface area contributed by atoms with Crippen LogP contribution in [0, 0.1) is 5.92 Å². The van der Waals surface area contributed by atoms with Crippen LogP contribution in [-0.2, 0) is 20.9 Å². The van der Waals surface area contributed by atoms with E-state index in [0.717, 1.165) is 0 Å². The van der Waals surface area contributed by atoms with Crippen LogP contribution in [0.2, 0.25) is 0 Å². The van der Waals surface area contributed by atoms with Crippen LogP contribution in [0.3, 0.4) is 0 Å². The number of fused-ring (bicyclic) bond motifs is 1. The molecule has 152 valence electrons. The summed E-state index contributed by atoms with van der Waals surface area (Å²) in [4.78, 5) is 25.8. The van der Waals surface area contributed by atoms with Crippen molar-refractivity contribution in [2.45, 2.75) is 31.5 Å². The number of nitrogens with one attached hydrogen (secondary N) is 2. The van der Waals surface area contributed by atoms with E-state index in [4.69, 9.17) is 9.84 Å². The molecule has 3 atom stereocenters. The molecule has 1 saturated carbocycles. The third-order valence-electron chi connectivity index (χ3n) is 4.64. The minimum absolute atomic E-state index is 0.0586. The molecule has 4 N–H and O–H groups in total. The molecule has 0 spiro atoms. The highest BCUT2D eigenvalue weighted by Crippen LogP contribution is 2.26. The zero-order valence-electron chi connectivity index (χ0n) is 15.5. The Bertz CT molecular complexity index is 778. The Morgan fingerprint density at radius 2 is 1.89 bits per heavy atom. The van der Waals surface area contributed by atoms with E-state index in [0.29, 0.717) is 30.6 Å². The summed E-state index contributed by atoms with van der Waals surface area (Å²) in [6.07, 6.45) is -0.127. The van der Waals surface area contributed by atoms with E-state index in [-0.39, 0.29) is 43.9 Å². The maximum Gasteiger partial charge on any atom is 0.243 e. The van der Waals surface area contributed by atoms with Gasteiger partial charge >= 0.3 is 0 Å². The fourth-order valence-corrected chi connectivity index (χ4v) is 3.30. The minimum Gasteiger partial charge on any atom is -0.394 e. The first-order chi connectivity index (χ1) is 13.6. The van der Waals surface area contributed by atoms with Gasteiger partial charge in [0.2, 0.25) is 11.8 Å². The van der Waals surface area contributed by atoms with Crippen molar-refractivity contribution in [3.05, 3.63) is 24.3 Å². The molecule has 10 nitrogen and oxygen atoms in total. The summed E-state index contributed by atoms with van der Waals surface area (Å²) in [6.45, 7) is 0.756. The molecule has 1 aliphatic carbocycles. The smallest absolute Gasteiger partial charge is 0.243 e. The molecular formula is C18H25N5O5. The molecule has 0 bridgehead atoms. The molecule has 28 heavy (non-hydrogen) atoms. The summed E-state index contributed by atoms with van der Waals surface area (Å²) in [5, 5.41) is 32.8. The van der Waals surface area contributed by atoms with Crippen LogP contribution in [0.1, 0.15) is 12.8 Å². The van der Waals surface area contributed by atoms with Gasteiger partial charge in [-0.3, -0.25) is 9.59 Å². The van der Waals surface area contributed by atoms with E-state index in [1.807, 2.05) is 24.3 Å². The molecule has 0 aliphatic heterocycles.